The Hall–Kier alpha value is -2.16. The molecule has 1 aliphatic rings. The Labute approximate surface area is 218 Å². The van der Waals surface area contributed by atoms with E-state index in [0.29, 0.717) is 28.7 Å². The van der Waals surface area contributed by atoms with Gasteiger partial charge in [-0.05, 0) is 48.9 Å². The molecule has 0 spiro atoms. The fourth-order valence-corrected chi connectivity index (χ4v) is 4.30. The molecule has 5 N–H and O–H groups in total. The lowest BCUT2D eigenvalue weighted by Crippen LogP contribution is -2.37. The van der Waals surface area contributed by atoms with Crippen molar-refractivity contribution in [3.63, 3.8) is 0 Å². The monoisotopic (exact) mass is 522 g/mol. The molecule has 0 aliphatic carbocycles. The van der Waals surface area contributed by atoms with Crippen LogP contribution in [-0.4, -0.2) is 60.6 Å². The van der Waals surface area contributed by atoms with E-state index in [9.17, 15) is 9.59 Å². The number of hydrogen-bond acceptors (Lipinski definition) is 5. The van der Waals surface area contributed by atoms with Gasteiger partial charge in [0.25, 0.3) is 0 Å². The van der Waals surface area contributed by atoms with Gasteiger partial charge in [-0.15, -0.1) is 0 Å². The minimum Gasteiger partial charge on any atom is -0.396 e. The number of nitrogens with two attached hydrogens (primary N) is 1. The van der Waals surface area contributed by atoms with Gasteiger partial charge in [0.2, 0.25) is 12.3 Å². The smallest absolute Gasteiger partial charge is 0.222 e. The summed E-state index contributed by atoms with van der Waals surface area (Å²) in [6.45, 7) is 3.06. The van der Waals surface area contributed by atoms with Crippen molar-refractivity contribution in [1.82, 2.24) is 15.5 Å². The predicted molar refractivity (Wildman–Crippen MR) is 141 cm³/mol. The Morgan fingerprint density at radius 1 is 1.14 bits per heavy atom. The molecule has 2 amide bonds. The van der Waals surface area contributed by atoms with Crippen LogP contribution < -0.4 is 16.4 Å². The van der Waals surface area contributed by atoms with E-state index >= 15 is 0 Å². The first kappa shape index (κ1) is 29.1. The number of hydrogen-bond donors (Lipinski definition) is 4. The van der Waals surface area contributed by atoms with Crippen LogP contribution in [0.3, 0.4) is 0 Å². The van der Waals surface area contributed by atoms with Crippen LogP contribution in [0.15, 0.2) is 48.5 Å². The van der Waals surface area contributed by atoms with Gasteiger partial charge in [-0.25, -0.2) is 0 Å². The highest BCUT2D eigenvalue weighted by atomic mass is 35.5. The van der Waals surface area contributed by atoms with Crippen molar-refractivity contribution >= 4 is 35.5 Å². The van der Waals surface area contributed by atoms with E-state index in [1.807, 2.05) is 0 Å². The van der Waals surface area contributed by atoms with Crippen molar-refractivity contribution in [3.8, 4) is 0 Å². The third-order valence-corrected chi connectivity index (χ3v) is 6.64. The molecule has 2 aromatic carbocycles. The van der Waals surface area contributed by atoms with E-state index in [0.717, 1.165) is 57.3 Å². The highest BCUT2D eigenvalue weighted by Crippen LogP contribution is 2.22. The molecular weight excluding hydrogens is 487 g/mol. The van der Waals surface area contributed by atoms with E-state index in [2.05, 4.69) is 45.9 Å². The quantitative estimate of drug-likeness (QED) is 0.253. The summed E-state index contributed by atoms with van der Waals surface area (Å²) in [6.07, 6.45) is 5.18. The number of aliphatic hydroxyl groups is 1. The zero-order chi connectivity index (χ0) is 25.5. The lowest BCUT2D eigenvalue weighted by molar-refractivity contribution is -0.121. The van der Waals surface area contributed by atoms with Crippen molar-refractivity contribution in [3.05, 3.63) is 69.7 Å². The van der Waals surface area contributed by atoms with Crippen LogP contribution in [0.4, 0.5) is 0 Å². The van der Waals surface area contributed by atoms with E-state index < -0.39 is 0 Å². The fourth-order valence-electron chi connectivity index (χ4n) is 3.98. The van der Waals surface area contributed by atoms with E-state index in [-0.39, 0.29) is 18.9 Å². The van der Waals surface area contributed by atoms with Crippen LogP contribution in [0.25, 0.3) is 0 Å². The largest absolute Gasteiger partial charge is 0.396 e. The number of halogens is 2. The summed E-state index contributed by atoms with van der Waals surface area (Å²) in [4.78, 5) is 23.9. The summed E-state index contributed by atoms with van der Waals surface area (Å²) in [5.41, 5.74) is 8.26. The number of likely N-dealkylation sites (tertiary alicyclic amines) is 1. The number of rotatable bonds is 12. The molecule has 0 radical (unpaired) electrons. The number of carbonyl (C=O) groups excluding carboxylic acids is 2. The molecule has 1 saturated heterocycles. The molecule has 35 heavy (non-hydrogen) atoms. The van der Waals surface area contributed by atoms with Gasteiger partial charge in [0, 0.05) is 44.7 Å². The van der Waals surface area contributed by atoms with Gasteiger partial charge in [0.1, 0.15) is 0 Å². The summed E-state index contributed by atoms with van der Waals surface area (Å²) in [5, 5.41) is 14.9. The Kier molecular flexibility index (Phi) is 13.7. The summed E-state index contributed by atoms with van der Waals surface area (Å²) in [6, 6.07) is 16.6. The Morgan fingerprint density at radius 2 is 1.91 bits per heavy atom. The predicted octanol–water partition coefficient (Wildman–Crippen LogP) is 3.15. The van der Waals surface area contributed by atoms with Crippen molar-refractivity contribution in [2.24, 2.45) is 5.73 Å². The number of amides is 2. The second-order valence-corrected chi connectivity index (χ2v) is 9.40. The summed E-state index contributed by atoms with van der Waals surface area (Å²) in [5.74, 6) is -0.191. The standard InChI is InChI=1S/C16H25N3O.C10H11Cl2NO2/c17-15-9-11-19(12-15)16(8-10-18-13-20)7-6-14-4-2-1-3-5-14;11-8-2-1-7(5-9(8)12)6-13-10(15)3-4-14/h1-5,13,15-16H,6-12,17H2,(H,18,20);1-2,5,14H,3-4,6H2,(H,13,15). The number of nitrogens with one attached hydrogen (secondary N) is 2. The Balaban J connectivity index is 0.000000258. The maximum atomic E-state index is 11.0. The molecular formula is C26H36Cl2N4O3. The number of benzene rings is 2. The van der Waals surface area contributed by atoms with Crippen molar-refractivity contribution < 1.29 is 14.7 Å². The number of carbonyl (C=O) groups is 2. The van der Waals surface area contributed by atoms with Crippen LogP contribution in [0.1, 0.15) is 36.8 Å². The van der Waals surface area contributed by atoms with Gasteiger partial charge in [0.05, 0.1) is 16.7 Å². The van der Waals surface area contributed by atoms with Gasteiger partial charge in [-0.3, -0.25) is 14.5 Å². The van der Waals surface area contributed by atoms with Gasteiger partial charge in [-0.2, -0.15) is 0 Å². The van der Waals surface area contributed by atoms with Crippen molar-refractivity contribution in [2.75, 3.05) is 26.2 Å². The molecule has 9 heteroatoms. The normalized spacial score (nSPS) is 16.2. The van der Waals surface area contributed by atoms with Crippen LogP contribution >= 0.6 is 23.2 Å². The Bertz CT molecular complexity index is 901. The van der Waals surface area contributed by atoms with Gasteiger partial charge >= 0.3 is 0 Å². The first-order valence-corrected chi connectivity index (χ1v) is 12.7. The van der Waals surface area contributed by atoms with Crippen LogP contribution in [0, 0.1) is 0 Å². The van der Waals surface area contributed by atoms with Gasteiger partial charge < -0.3 is 21.5 Å². The third kappa shape index (κ3) is 11.4. The highest BCUT2D eigenvalue weighted by Gasteiger charge is 2.25. The molecule has 2 aromatic rings. The molecule has 1 heterocycles. The molecule has 1 fully saturated rings. The van der Waals surface area contributed by atoms with Crippen molar-refractivity contribution in [1.29, 1.82) is 0 Å². The van der Waals surface area contributed by atoms with Crippen LogP contribution in [0.5, 0.6) is 0 Å². The van der Waals surface area contributed by atoms with Crippen LogP contribution in [0.2, 0.25) is 10.0 Å². The lowest BCUT2D eigenvalue weighted by atomic mass is 10.0. The molecule has 3 rings (SSSR count). The maximum absolute atomic E-state index is 11.0. The topological polar surface area (TPSA) is 108 Å². The first-order chi connectivity index (χ1) is 16.9. The number of nitrogens with zero attached hydrogens (tertiary/aromatic N) is 1. The van der Waals surface area contributed by atoms with Crippen LogP contribution in [-0.2, 0) is 22.6 Å². The SMILES string of the molecule is NC1CCN(C(CCNC=O)CCc2ccccc2)C1.O=C(CCO)NCc1ccc(Cl)c(Cl)c1. The molecule has 0 bridgehead atoms. The number of aliphatic hydroxyl groups excluding tert-OH is 1. The molecule has 192 valence electrons. The summed E-state index contributed by atoms with van der Waals surface area (Å²) < 4.78 is 0. The van der Waals surface area contributed by atoms with Crippen molar-refractivity contribution in [2.45, 2.75) is 50.7 Å². The van der Waals surface area contributed by atoms with Gasteiger partial charge in [0.15, 0.2) is 0 Å². The third-order valence-electron chi connectivity index (χ3n) is 5.90. The lowest BCUT2D eigenvalue weighted by Gasteiger charge is -2.28. The number of aryl methyl sites for hydroxylation is 1. The minimum atomic E-state index is -0.191. The summed E-state index contributed by atoms with van der Waals surface area (Å²) in [7, 11) is 0. The molecule has 2 unspecified atom stereocenters. The molecule has 0 aromatic heterocycles. The van der Waals surface area contributed by atoms with E-state index in [1.54, 1.807) is 18.2 Å². The van der Waals surface area contributed by atoms with E-state index in [4.69, 9.17) is 34.0 Å². The molecule has 0 saturated carbocycles. The molecule has 2 atom stereocenters. The second-order valence-electron chi connectivity index (χ2n) is 8.58. The second kappa shape index (κ2) is 16.5. The zero-order valence-electron chi connectivity index (χ0n) is 20.0. The highest BCUT2D eigenvalue weighted by molar-refractivity contribution is 6.42. The molecule has 1 aliphatic heterocycles. The minimum absolute atomic E-state index is 0.112. The van der Waals surface area contributed by atoms with Gasteiger partial charge in [-0.1, -0.05) is 59.6 Å². The average Bonchev–Trinajstić information content (AvgIpc) is 3.29. The fraction of sp³-hybridized carbons (Fsp3) is 0.462. The average molecular weight is 524 g/mol. The molecule has 7 nitrogen and oxygen atoms in total. The Morgan fingerprint density at radius 3 is 2.54 bits per heavy atom. The summed E-state index contributed by atoms with van der Waals surface area (Å²) >= 11 is 11.5. The zero-order valence-corrected chi connectivity index (χ0v) is 21.5. The first-order valence-electron chi connectivity index (χ1n) is 11.9. The van der Waals surface area contributed by atoms with E-state index in [1.165, 1.54) is 5.56 Å². The maximum Gasteiger partial charge on any atom is 0.222 e.